The fourth-order valence-corrected chi connectivity index (χ4v) is 2.22. The Hall–Kier alpha value is -1.03. The molecule has 0 aliphatic heterocycles. The Bertz CT molecular complexity index is 417. The van der Waals surface area contributed by atoms with Crippen LogP contribution in [0.15, 0.2) is 36.0 Å². The minimum absolute atomic E-state index is 0.355. The van der Waals surface area contributed by atoms with Crippen LogP contribution in [0.3, 0.4) is 0 Å². The van der Waals surface area contributed by atoms with E-state index in [0.29, 0.717) is 18.4 Å². The fourth-order valence-electron chi connectivity index (χ4n) is 2.22. The normalized spacial score (nSPS) is 15.7. The van der Waals surface area contributed by atoms with Gasteiger partial charge in [-0.05, 0) is 50.7 Å². The van der Waals surface area contributed by atoms with Crippen molar-refractivity contribution < 1.29 is 13.2 Å². The summed E-state index contributed by atoms with van der Waals surface area (Å²) in [5, 5.41) is 0. The molecule has 0 fully saturated rings. The molecule has 0 aromatic rings. The minimum atomic E-state index is -4.38. The molecule has 0 amide bonds. The lowest BCUT2D eigenvalue weighted by Gasteiger charge is -2.22. The first-order valence-corrected chi connectivity index (χ1v) is 9.04. The van der Waals surface area contributed by atoms with Gasteiger partial charge in [0.15, 0.2) is 0 Å². The van der Waals surface area contributed by atoms with Crippen LogP contribution in [-0.2, 0) is 0 Å². The number of allylic oxidation sites excluding steroid dienone is 5. The van der Waals surface area contributed by atoms with E-state index in [2.05, 4.69) is 13.5 Å². The van der Waals surface area contributed by atoms with Gasteiger partial charge < -0.3 is 5.73 Å². The van der Waals surface area contributed by atoms with E-state index >= 15 is 0 Å². The van der Waals surface area contributed by atoms with E-state index in [1.165, 1.54) is 25.7 Å². The number of hydrogen-bond donors (Lipinski definition) is 1. The van der Waals surface area contributed by atoms with Crippen LogP contribution >= 0.6 is 0 Å². The number of alkyl halides is 3. The number of halogens is 3. The van der Waals surface area contributed by atoms with E-state index < -0.39 is 11.7 Å². The monoisotopic (exact) mass is 345 g/mol. The van der Waals surface area contributed by atoms with E-state index in [0.717, 1.165) is 25.3 Å². The zero-order valence-corrected chi connectivity index (χ0v) is 15.5. The van der Waals surface area contributed by atoms with Gasteiger partial charge in [0.1, 0.15) is 0 Å². The second-order valence-electron chi connectivity index (χ2n) is 6.86. The second kappa shape index (κ2) is 11.5. The Morgan fingerprint density at radius 1 is 1.08 bits per heavy atom. The molecule has 0 aliphatic carbocycles. The highest BCUT2D eigenvalue weighted by molar-refractivity contribution is 5.31. The molecule has 0 rings (SSSR count). The van der Waals surface area contributed by atoms with E-state index in [-0.39, 0.29) is 5.54 Å². The van der Waals surface area contributed by atoms with E-state index in [9.17, 15) is 13.2 Å². The quantitative estimate of drug-likeness (QED) is 0.303. The maximum absolute atomic E-state index is 12.7. The number of rotatable bonds is 12. The average molecular weight is 345 g/mol. The number of hydrogen-bond acceptors (Lipinski definition) is 1. The van der Waals surface area contributed by atoms with E-state index in [4.69, 9.17) is 5.73 Å². The molecule has 4 heteroatoms. The van der Waals surface area contributed by atoms with Crippen LogP contribution in [0.1, 0.15) is 78.6 Å². The molecule has 0 aliphatic rings. The predicted molar refractivity (Wildman–Crippen MR) is 97.9 cm³/mol. The summed E-state index contributed by atoms with van der Waals surface area (Å²) < 4.78 is 38.2. The Labute approximate surface area is 145 Å². The van der Waals surface area contributed by atoms with Crippen molar-refractivity contribution in [3.63, 3.8) is 0 Å². The first-order chi connectivity index (χ1) is 11.1. The Kier molecular flexibility index (Phi) is 11.0. The molecule has 2 N–H and O–H groups in total. The molecule has 1 atom stereocenters. The van der Waals surface area contributed by atoms with Crippen LogP contribution in [0.2, 0.25) is 0 Å². The third-order valence-corrected chi connectivity index (χ3v) is 4.32. The summed E-state index contributed by atoms with van der Waals surface area (Å²) in [4.78, 5) is 0. The lowest BCUT2D eigenvalue weighted by Crippen LogP contribution is -2.34. The van der Waals surface area contributed by atoms with Gasteiger partial charge in [-0.1, -0.05) is 58.3 Å². The van der Waals surface area contributed by atoms with Crippen molar-refractivity contribution in [2.75, 3.05) is 0 Å². The molecule has 0 saturated carbocycles. The number of nitrogens with two attached hydrogens (primary N) is 1. The first-order valence-electron chi connectivity index (χ1n) is 9.04. The van der Waals surface area contributed by atoms with Gasteiger partial charge in [-0.25, -0.2) is 0 Å². The van der Waals surface area contributed by atoms with Crippen LogP contribution in [0.4, 0.5) is 13.2 Å². The molecule has 0 bridgehead atoms. The highest BCUT2D eigenvalue weighted by atomic mass is 19.4. The van der Waals surface area contributed by atoms with Crippen LogP contribution in [0.5, 0.6) is 0 Å². The molecule has 1 nitrogen and oxygen atoms in total. The molecule has 1 unspecified atom stereocenters. The fraction of sp³-hybridized carbons (Fsp3) is 0.700. The summed E-state index contributed by atoms with van der Waals surface area (Å²) in [5.74, 6) is 0. The molecule has 0 radical (unpaired) electrons. The molecular weight excluding hydrogens is 311 g/mol. The molecule has 0 aromatic heterocycles. The van der Waals surface area contributed by atoms with Crippen molar-refractivity contribution >= 4 is 0 Å². The third-order valence-electron chi connectivity index (χ3n) is 4.32. The number of unbranched alkanes of at least 4 members (excludes halogenated alkanes) is 5. The molecule has 0 heterocycles. The summed E-state index contributed by atoms with van der Waals surface area (Å²) in [7, 11) is 0. The molecule has 0 saturated heterocycles. The minimum Gasteiger partial charge on any atom is -0.325 e. The van der Waals surface area contributed by atoms with Crippen LogP contribution < -0.4 is 5.73 Å². The summed E-state index contributed by atoms with van der Waals surface area (Å²) in [6, 6.07) is 0. The highest BCUT2D eigenvalue weighted by Crippen LogP contribution is 2.28. The van der Waals surface area contributed by atoms with E-state index in [1.807, 2.05) is 26.0 Å². The average Bonchev–Trinajstić information content (AvgIpc) is 2.50. The largest absolute Gasteiger partial charge is 0.415 e. The van der Waals surface area contributed by atoms with Crippen LogP contribution in [0, 0.1) is 0 Å². The summed E-state index contributed by atoms with van der Waals surface area (Å²) >= 11 is 0. The van der Waals surface area contributed by atoms with E-state index in [1.54, 1.807) is 0 Å². The zero-order valence-electron chi connectivity index (χ0n) is 15.5. The third kappa shape index (κ3) is 11.5. The Morgan fingerprint density at radius 3 is 2.25 bits per heavy atom. The van der Waals surface area contributed by atoms with Crippen molar-refractivity contribution in [3.8, 4) is 0 Å². The highest BCUT2D eigenvalue weighted by Gasteiger charge is 2.30. The SMILES string of the molecule is C=C(/C=C(\C=C/CCCCCCC)CCC(C)(N)CC)C(F)(F)F. The van der Waals surface area contributed by atoms with Crippen LogP contribution in [-0.4, -0.2) is 11.7 Å². The summed E-state index contributed by atoms with van der Waals surface area (Å²) in [6.07, 6.45) is 9.35. The van der Waals surface area contributed by atoms with Crippen molar-refractivity contribution in [2.24, 2.45) is 5.73 Å². The second-order valence-corrected chi connectivity index (χ2v) is 6.86. The maximum atomic E-state index is 12.7. The van der Waals surface area contributed by atoms with Gasteiger partial charge >= 0.3 is 6.18 Å². The topological polar surface area (TPSA) is 26.0 Å². The van der Waals surface area contributed by atoms with Gasteiger partial charge in [-0.2, -0.15) is 13.2 Å². The van der Waals surface area contributed by atoms with Gasteiger partial charge in [0.2, 0.25) is 0 Å². The van der Waals surface area contributed by atoms with Gasteiger partial charge in [-0.15, -0.1) is 0 Å². The van der Waals surface area contributed by atoms with Gasteiger partial charge in [-0.3, -0.25) is 0 Å². The summed E-state index contributed by atoms with van der Waals surface area (Å²) in [5.41, 5.74) is 5.60. The lowest BCUT2D eigenvalue weighted by molar-refractivity contribution is -0.0878. The molecule has 140 valence electrons. The zero-order chi connectivity index (χ0) is 18.6. The van der Waals surface area contributed by atoms with Crippen molar-refractivity contribution in [1.29, 1.82) is 0 Å². The van der Waals surface area contributed by atoms with Gasteiger partial charge in [0, 0.05) is 11.1 Å². The molecule has 0 aromatic carbocycles. The lowest BCUT2D eigenvalue weighted by atomic mass is 9.91. The van der Waals surface area contributed by atoms with Crippen LogP contribution in [0.25, 0.3) is 0 Å². The Morgan fingerprint density at radius 2 is 1.71 bits per heavy atom. The first kappa shape index (κ1) is 23.0. The molecule has 24 heavy (non-hydrogen) atoms. The smallest absolute Gasteiger partial charge is 0.325 e. The maximum Gasteiger partial charge on any atom is 0.415 e. The van der Waals surface area contributed by atoms with Gasteiger partial charge in [0.25, 0.3) is 0 Å². The molecule has 0 spiro atoms. The van der Waals surface area contributed by atoms with Crippen molar-refractivity contribution in [1.82, 2.24) is 0 Å². The molecular formula is C20H34F3N. The van der Waals surface area contributed by atoms with Gasteiger partial charge in [0.05, 0.1) is 0 Å². The van der Waals surface area contributed by atoms with Crippen molar-refractivity contribution in [2.45, 2.75) is 90.3 Å². The standard InChI is InChI=1S/C20H34F3N/c1-5-7-8-9-10-11-12-13-18(14-15-19(4,24)6-2)16-17(3)20(21,22)23/h12-13,16H,3,5-11,14-15,24H2,1-2,4H3/b13-12-,18-16+. The predicted octanol–water partition coefficient (Wildman–Crippen LogP) is 6.86. The van der Waals surface area contributed by atoms with Crippen molar-refractivity contribution in [3.05, 3.63) is 36.0 Å². The Balaban J connectivity index is 4.69. The summed E-state index contributed by atoms with van der Waals surface area (Å²) in [6.45, 7) is 9.24.